The van der Waals surface area contributed by atoms with E-state index in [4.69, 9.17) is 11.6 Å². The van der Waals surface area contributed by atoms with Gasteiger partial charge in [-0.25, -0.2) is 0 Å². The molecule has 0 spiro atoms. The van der Waals surface area contributed by atoms with E-state index in [1.807, 2.05) is 12.1 Å². The second kappa shape index (κ2) is 6.76. The lowest BCUT2D eigenvalue weighted by Crippen LogP contribution is -2.42. The molecular weight excluding hydrogens is 254 g/mol. The SMILES string of the molecule is CC1CCC(C(C)C)C(NCc2cccc(Cl)c2)C1. The predicted octanol–water partition coefficient (Wildman–Crippen LogP) is 4.89. The first-order valence-corrected chi connectivity index (χ1v) is 7.92. The number of benzene rings is 1. The summed E-state index contributed by atoms with van der Waals surface area (Å²) in [4.78, 5) is 0. The third-order valence-electron chi connectivity index (χ3n) is 4.48. The maximum Gasteiger partial charge on any atom is 0.0409 e. The van der Waals surface area contributed by atoms with Crippen molar-refractivity contribution in [1.82, 2.24) is 5.32 Å². The maximum absolute atomic E-state index is 6.04. The van der Waals surface area contributed by atoms with Gasteiger partial charge in [-0.15, -0.1) is 0 Å². The average molecular weight is 280 g/mol. The van der Waals surface area contributed by atoms with Crippen LogP contribution in [0.3, 0.4) is 0 Å². The Kier molecular flexibility index (Phi) is 5.29. The molecule has 1 nitrogen and oxygen atoms in total. The van der Waals surface area contributed by atoms with Crippen molar-refractivity contribution in [1.29, 1.82) is 0 Å². The van der Waals surface area contributed by atoms with Gasteiger partial charge in [-0.1, -0.05) is 50.9 Å². The summed E-state index contributed by atoms with van der Waals surface area (Å²) >= 11 is 6.04. The molecule has 2 heteroatoms. The fourth-order valence-electron chi connectivity index (χ4n) is 3.33. The highest BCUT2D eigenvalue weighted by Crippen LogP contribution is 2.33. The van der Waals surface area contributed by atoms with Crippen molar-refractivity contribution in [2.45, 2.75) is 52.6 Å². The first-order valence-electron chi connectivity index (χ1n) is 7.54. The molecule has 0 aliphatic heterocycles. The first kappa shape index (κ1) is 14.9. The smallest absolute Gasteiger partial charge is 0.0409 e. The fraction of sp³-hybridized carbons (Fsp3) is 0.647. The number of hydrogen-bond donors (Lipinski definition) is 1. The van der Waals surface area contributed by atoms with Crippen LogP contribution in [0.5, 0.6) is 0 Å². The van der Waals surface area contributed by atoms with Gasteiger partial charge in [0.25, 0.3) is 0 Å². The van der Waals surface area contributed by atoms with Gasteiger partial charge in [-0.3, -0.25) is 0 Å². The molecule has 0 saturated heterocycles. The summed E-state index contributed by atoms with van der Waals surface area (Å²) in [5.41, 5.74) is 1.29. The lowest BCUT2D eigenvalue weighted by atomic mass is 9.74. The van der Waals surface area contributed by atoms with Crippen molar-refractivity contribution in [3.63, 3.8) is 0 Å². The Hall–Kier alpha value is -0.530. The van der Waals surface area contributed by atoms with E-state index in [9.17, 15) is 0 Å². The standard InChI is InChI=1S/C17H26ClN/c1-12(2)16-8-7-13(3)9-17(16)19-11-14-5-4-6-15(18)10-14/h4-6,10,12-13,16-17,19H,7-9,11H2,1-3H3. The highest BCUT2D eigenvalue weighted by atomic mass is 35.5. The van der Waals surface area contributed by atoms with Crippen molar-refractivity contribution in [3.05, 3.63) is 34.9 Å². The molecule has 1 aliphatic rings. The fourth-order valence-corrected chi connectivity index (χ4v) is 3.55. The Balaban J connectivity index is 1.95. The summed E-state index contributed by atoms with van der Waals surface area (Å²) in [7, 11) is 0. The van der Waals surface area contributed by atoms with Crippen LogP contribution in [-0.2, 0) is 6.54 Å². The maximum atomic E-state index is 6.04. The van der Waals surface area contributed by atoms with Crippen LogP contribution in [0, 0.1) is 17.8 Å². The predicted molar refractivity (Wildman–Crippen MR) is 83.4 cm³/mol. The van der Waals surface area contributed by atoms with E-state index in [1.165, 1.54) is 24.8 Å². The summed E-state index contributed by atoms with van der Waals surface area (Å²) in [6.45, 7) is 8.02. The van der Waals surface area contributed by atoms with Crippen molar-refractivity contribution in [3.8, 4) is 0 Å². The van der Waals surface area contributed by atoms with Gasteiger partial charge in [0.05, 0.1) is 0 Å². The molecule has 1 saturated carbocycles. The third kappa shape index (κ3) is 4.22. The highest BCUT2D eigenvalue weighted by molar-refractivity contribution is 6.30. The van der Waals surface area contributed by atoms with E-state index in [2.05, 4.69) is 38.2 Å². The van der Waals surface area contributed by atoms with Crippen LogP contribution in [-0.4, -0.2) is 6.04 Å². The second-order valence-corrected chi connectivity index (χ2v) is 6.88. The minimum atomic E-state index is 0.655. The van der Waals surface area contributed by atoms with E-state index in [0.717, 1.165) is 29.3 Å². The van der Waals surface area contributed by atoms with Gasteiger partial charge in [0.1, 0.15) is 0 Å². The van der Waals surface area contributed by atoms with E-state index >= 15 is 0 Å². The largest absolute Gasteiger partial charge is 0.310 e. The van der Waals surface area contributed by atoms with Gasteiger partial charge in [0, 0.05) is 17.6 Å². The molecule has 2 rings (SSSR count). The highest BCUT2D eigenvalue weighted by Gasteiger charge is 2.30. The van der Waals surface area contributed by atoms with Gasteiger partial charge >= 0.3 is 0 Å². The molecule has 0 aromatic heterocycles. The summed E-state index contributed by atoms with van der Waals surface area (Å²) in [5, 5.41) is 4.60. The Morgan fingerprint density at radius 1 is 1.32 bits per heavy atom. The van der Waals surface area contributed by atoms with Crippen LogP contribution in [0.2, 0.25) is 5.02 Å². The van der Waals surface area contributed by atoms with E-state index in [-0.39, 0.29) is 0 Å². The van der Waals surface area contributed by atoms with Gasteiger partial charge < -0.3 is 5.32 Å². The molecule has 1 fully saturated rings. The second-order valence-electron chi connectivity index (χ2n) is 6.44. The van der Waals surface area contributed by atoms with Crippen molar-refractivity contribution < 1.29 is 0 Å². The third-order valence-corrected chi connectivity index (χ3v) is 4.71. The number of rotatable bonds is 4. The molecule has 1 aliphatic carbocycles. The topological polar surface area (TPSA) is 12.0 Å². The summed E-state index contributed by atoms with van der Waals surface area (Å²) in [6.07, 6.45) is 4.06. The van der Waals surface area contributed by atoms with Gasteiger partial charge in [-0.05, 0) is 48.3 Å². The first-order chi connectivity index (χ1) is 9.06. The molecule has 0 bridgehead atoms. The van der Waals surface area contributed by atoms with Crippen molar-refractivity contribution >= 4 is 11.6 Å². The Labute approximate surface area is 122 Å². The molecule has 3 atom stereocenters. The lowest BCUT2D eigenvalue weighted by Gasteiger charge is -2.38. The summed E-state index contributed by atoms with van der Waals surface area (Å²) in [5.74, 6) is 2.44. The van der Waals surface area contributed by atoms with Gasteiger partial charge in [0.2, 0.25) is 0 Å². The number of hydrogen-bond acceptors (Lipinski definition) is 1. The van der Waals surface area contributed by atoms with E-state index in [1.54, 1.807) is 0 Å². The van der Waals surface area contributed by atoms with Crippen molar-refractivity contribution in [2.24, 2.45) is 17.8 Å². The number of nitrogens with one attached hydrogen (secondary N) is 1. The zero-order valence-electron chi connectivity index (χ0n) is 12.3. The average Bonchev–Trinajstić information content (AvgIpc) is 2.36. The molecule has 1 N–H and O–H groups in total. The van der Waals surface area contributed by atoms with Crippen LogP contribution in [0.4, 0.5) is 0 Å². The molecule has 19 heavy (non-hydrogen) atoms. The minimum absolute atomic E-state index is 0.655. The van der Waals surface area contributed by atoms with E-state index < -0.39 is 0 Å². The molecule has 3 unspecified atom stereocenters. The Morgan fingerprint density at radius 3 is 2.79 bits per heavy atom. The summed E-state index contributed by atoms with van der Waals surface area (Å²) in [6, 6.07) is 8.83. The Bertz CT molecular complexity index is 402. The molecule has 106 valence electrons. The monoisotopic (exact) mass is 279 g/mol. The molecule has 0 radical (unpaired) electrons. The van der Waals surface area contributed by atoms with Crippen LogP contribution < -0.4 is 5.32 Å². The molecule has 1 aromatic rings. The molecule has 0 heterocycles. The normalized spacial score (nSPS) is 27.7. The molecule has 1 aromatic carbocycles. The minimum Gasteiger partial charge on any atom is -0.310 e. The van der Waals surface area contributed by atoms with Gasteiger partial charge in [0.15, 0.2) is 0 Å². The van der Waals surface area contributed by atoms with Crippen LogP contribution in [0.1, 0.15) is 45.6 Å². The van der Waals surface area contributed by atoms with E-state index in [0.29, 0.717) is 6.04 Å². The zero-order valence-corrected chi connectivity index (χ0v) is 13.1. The van der Waals surface area contributed by atoms with Crippen LogP contribution >= 0.6 is 11.6 Å². The van der Waals surface area contributed by atoms with Crippen LogP contribution in [0.25, 0.3) is 0 Å². The molecule has 0 amide bonds. The zero-order chi connectivity index (χ0) is 13.8. The number of halogens is 1. The molecular formula is C17H26ClN. The quantitative estimate of drug-likeness (QED) is 0.827. The van der Waals surface area contributed by atoms with Gasteiger partial charge in [-0.2, -0.15) is 0 Å². The Morgan fingerprint density at radius 2 is 2.11 bits per heavy atom. The van der Waals surface area contributed by atoms with Crippen LogP contribution in [0.15, 0.2) is 24.3 Å². The van der Waals surface area contributed by atoms with Crippen molar-refractivity contribution in [2.75, 3.05) is 0 Å². The lowest BCUT2D eigenvalue weighted by molar-refractivity contribution is 0.169. The summed E-state index contributed by atoms with van der Waals surface area (Å²) < 4.78 is 0.